The number of aromatic nitrogens is 3. The van der Waals surface area contributed by atoms with Crippen LogP contribution >= 0.6 is 11.8 Å². The third-order valence-electron chi connectivity index (χ3n) is 5.27. The molecule has 0 N–H and O–H groups in total. The lowest BCUT2D eigenvalue weighted by Gasteiger charge is -2.34. The maximum Gasteiger partial charge on any atom is 0.289 e. The van der Waals surface area contributed by atoms with Crippen molar-refractivity contribution in [2.45, 2.75) is 18.3 Å². The Morgan fingerprint density at radius 3 is 2.59 bits per heavy atom. The zero-order valence-corrected chi connectivity index (χ0v) is 19.2. The van der Waals surface area contributed by atoms with E-state index in [1.165, 1.54) is 24.1 Å². The van der Waals surface area contributed by atoms with Crippen LogP contribution < -0.4 is 4.74 Å². The molecule has 0 aliphatic carbocycles. The number of piperazine rings is 1. The number of halogens is 1. The van der Waals surface area contributed by atoms with Gasteiger partial charge in [-0.25, -0.2) is 4.39 Å². The number of para-hydroxylation sites is 1. The summed E-state index contributed by atoms with van der Waals surface area (Å²) in [5.41, 5.74) is 0. The molecule has 2 amide bonds. The molecule has 178 valence electrons. The lowest BCUT2D eigenvalue weighted by Crippen LogP contribution is -2.51. The summed E-state index contributed by atoms with van der Waals surface area (Å²) in [6, 6.07) is 9.44. The molecule has 1 aliphatic rings. The standard InChI is InChI=1S/C23H24FN5O4S/c1-2-9-29-20(15-33-18-7-4-3-6-17(18)24)25-26-23(29)34-16-21(30)27-10-12-28(13-11-27)22(31)19-8-5-14-32-19/h2-8,14H,1,9-13,15-16H2. The van der Waals surface area contributed by atoms with Gasteiger partial charge in [0, 0.05) is 32.7 Å². The molecule has 11 heteroatoms. The van der Waals surface area contributed by atoms with E-state index in [4.69, 9.17) is 9.15 Å². The van der Waals surface area contributed by atoms with Crippen molar-refractivity contribution in [3.8, 4) is 5.75 Å². The van der Waals surface area contributed by atoms with Gasteiger partial charge in [0.15, 0.2) is 28.3 Å². The van der Waals surface area contributed by atoms with E-state index in [9.17, 15) is 14.0 Å². The molecule has 1 aromatic carbocycles. The van der Waals surface area contributed by atoms with Crippen LogP contribution in [0.4, 0.5) is 4.39 Å². The second-order valence-corrected chi connectivity index (χ2v) is 8.40. The number of furan rings is 1. The average molecular weight is 486 g/mol. The molecule has 4 rings (SSSR count). The number of ether oxygens (including phenoxy) is 1. The number of allylic oxidation sites excluding steroid dienone is 1. The Morgan fingerprint density at radius 1 is 1.12 bits per heavy atom. The summed E-state index contributed by atoms with van der Waals surface area (Å²) in [6.45, 7) is 6.00. The van der Waals surface area contributed by atoms with Crippen LogP contribution in [0.2, 0.25) is 0 Å². The maximum absolute atomic E-state index is 13.8. The van der Waals surface area contributed by atoms with Gasteiger partial charge in [-0.3, -0.25) is 14.2 Å². The van der Waals surface area contributed by atoms with Gasteiger partial charge in [0.25, 0.3) is 5.91 Å². The molecular weight excluding hydrogens is 461 g/mol. The average Bonchev–Trinajstić information content (AvgIpc) is 3.53. The topological polar surface area (TPSA) is 93.7 Å². The molecule has 1 aliphatic heterocycles. The van der Waals surface area contributed by atoms with Crippen LogP contribution in [0.1, 0.15) is 16.4 Å². The predicted molar refractivity (Wildman–Crippen MR) is 123 cm³/mol. The van der Waals surface area contributed by atoms with Gasteiger partial charge in [-0.15, -0.1) is 16.8 Å². The summed E-state index contributed by atoms with van der Waals surface area (Å²) >= 11 is 1.26. The number of amides is 2. The number of carbonyl (C=O) groups excluding carboxylic acids is 2. The Balaban J connectivity index is 1.30. The predicted octanol–water partition coefficient (Wildman–Crippen LogP) is 2.85. The fraction of sp³-hybridized carbons (Fsp3) is 0.304. The van der Waals surface area contributed by atoms with Crippen LogP contribution in [0.25, 0.3) is 0 Å². The normalized spacial score (nSPS) is 13.7. The first-order chi connectivity index (χ1) is 16.6. The number of carbonyl (C=O) groups is 2. The van der Waals surface area contributed by atoms with Gasteiger partial charge < -0.3 is 19.0 Å². The monoisotopic (exact) mass is 485 g/mol. The van der Waals surface area contributed by atoms with Crippen molar-refractivity contribution in [2.24, 2.45) is 0 Å². The molecule has 0 radical (unpaired) electrons. The highest BCUT2D eigenvalue weighted by molar-refractivity contribution is 7.99. The molecule has 0 atom stereocenters. The minimum Gasteiger partial charge on any atom is -0.483 e. The first kappa shape index (κ1) is 23.6. The highest BCUT2D eigenvalue weighted by atomic mass is 32.2. The first-order valence-electron chi connectivity index (χ1n) is 10.7. The summed E-state index contributed by atoms with van der Waals surface area (Å²) in [5.74, 6) is 0.430. The van der Waals surface area contributed by atoms with E-state index in [1.54, 1.807) is 50.8 Å². The van der Waals surface area contributed by atoms with Crippen molar-refractivity contribution >= 4 is 23.6 Å². The highest BCUT2D eigenvalue weighted by Gasteiger charge is 2.26. The number of hydrogen-bond donors (Lipinski definition) is 0. The van der Waals surface area contributed by atoms with Crippen molar-refractivity contribution in [2.75, 3.05) is 31.9 Å². The van der Waals surface area contributed by atoms with E-state index in [-0.39, 0.29) is 29.9 Å². The minimum atomic E-state index is -0.455. The van der Waals surface area contributed by atoms with Gasteiger partial charge in [0.1, 0.15) is 6.61 Å². The van der Waals surface area contributed by atoms with Crippen LogP contribution in [0.15, 0.2) is 64.9 Å². The minimum absolute atomic E-state index is 0.0297. The van der Waals surface area contributed by atoms with Gasteiger partial charge >= 0.3 is 0 Å². The fourth-order valence-electron chi connectivity index (χ4n) is 3.48. The second-order valence-electron chi connectivity index (χ2n) is 7.46. The summed E-state index contributed by atoms with van der Waals surface area (Å²) in [4.78, 5) is 28.5. The second kappa shape index (κ2) is 11.0. The first-order valence-corrected chi connectivity index (χ1v) is 11.7. The Morgan fingerprint density at radius 2 is 1.88 bits per heavy atom. The Labute approximate surface area is 200 Å². The fourth-order valence-corrected chi connectivity index (χ4v) is 4.35. The number of thioether (sulfide) groups is 1. The molecule has 0 spiro atoms. The summed E-state index contributed by atoms with van der Waals surface area (Å²) in [5, 5.41) is 8.86. The van der Waals surface area contributed by atoms with E-state index < -0.39 is 5.82 Å². The van der Waals surface area contributed by atoms with Crippen LogP contribution in [0.3, 0.4) is 0 Å². The molecule has 0 bridgehead atoms. The van der Waals surface area contributed by atoms with Crippen LogP contribution in [0.5, 0.6) is 5.75 Å². The Hall–Kier alpha value is -3.60. The molecule has 3 aromatic rings. The molecular formula is C23H24FN5O4S. The number of hydrogen-bond acceptors (Lipinski definition) is 7. The number of benzene rings is 1. The van der Waals surface area contributed by atoms with E-state index in [1.807, 2.05) is 0 Å². The third kappa shape index (κ3) is 5.48. The van der Waals surface area contributed by atoms with Crippen molar-refractivity contribution in [3.63, 3.8) is 0 Å². The number of nitrogens with zero attached hydrogens (tertiary/aromatic N) is 5. The van der Waals surface area contributed by atoms with Gasteiger partial charge in [-0.1, -0.05) is 30.0 Å². The van der Waals surface area contributed by atoms with Crippen molar-refractivity contribution in [1.29, 1.82) is 0 Å². The molecule has 3 heterocycles. The SMILES string of the molecule is C=CCn1c(COc2ccccc2F)nnc1SCC(=O)N1CCN(C(=O)c2ccco2)CC1. The third-order valence-corrected chi connectivity index (χ3v) is 6.23. The molecule has 1 fully saturated rings. The van der Waals surface area contributed by atoms with Gasteiger partial charge in [0.2, 0.25) is 5.91 Å². The van der Waals surface area contributed by atoms with Gasteiger partial charge in [-0.2, -0.15) is 0 Å². The smallest absolute Gasteiger partial charge is 0.289 e. The molecule has 2 aromatic heterocycles. The lowest BCUT2D eigenvalue weighted by molar-refractivity contribution is -0.129. The summed E-state index contributed by atoms with van der Waals surface area (Å²) < 4.78 is 26.3. The molecule has 34 heavy (non-hydrogen) atoms. The molecule has 1 saturated heterocycles. The zero-order chi connectivity index (χ0) is 23.9. The molecule has 9 nitrogen and oxygen atoms in total. The van der Waals surface area contributed by atoms with Crippen molar-refractivity contribution < 1.29 is 23.1 Å². The van der Waals surface area contributed by atoms with Gasteiger partial charge in [0.05, 0.1) is 12.0 Å². The van der Waals surface area contributed by atoms with Crippen molar-refractivity contribution in [1.82, 2.24) is 24.6 Å². The van der Waals surface area contributed by atoms with Crippen LogP contribution in [-0.2, 0) is 17.9 Å². The zero-order valence-electron chi connectivity index (χ0n) is 18.4. The van der Waals surface area contributed by atoms with E-state index in [0.717, 1.165) is 0 Å². The highest BCUT2D eigenvalue weighted by Crippen LogP contribution is 2.21. The van der Waals surface area contributed by atoms with E-state index in [0.29, 0.717) is 49.5 Å². The van der Waals surface area contributed by atoms with Crippen LogP contribution in [-0.4, -0.2) is 68.3 Å². The largest absolute Gasteiger partial charge is 0.483 e. The lowest BCUT2D eigenvalue weighted by atomic mass is 10.3. The maximum atomic E-state index is 13.8. The summed E-state index contributed by atoms with van der Waals surface area (Å²) in [6.07, 6.45) is 3.16. The molecule has 0 unspecified atom stereocenters. The van der Waals surface area contributed by atoms with E-state index >= 15 is 0 Å². The quantitative estimate of drug-likeness (QED) is 0.340. The van der Waals surface area contributed by atoms with Gasteiger partial charge in [-0.05, 0) is 24.3 Å². The van der Waals surface area contributed by atoms with E-state index in [2.05, 4.69) is 16.8 Å². The number of rotatable bonds is 9. The Bertz CT molecular complexity index is 1140. The summed E-state index contributed by atoms with van der Waals surface area (Å²) in [7, 11) is 0. The molecule has 0 saturated carbocycles. The Kier molecular flexibility index (Phi) is 7.63. The van der Waals surface area contributed by atoms with Crippen molar-refractivity contribution in [3.05, 3.63) is 72.7 Å². The van der Waals surface area contributed by atoms with Crippen LogP contribution in [0, 0.1) is 5.82 Å².